The molecular formula is C12H13N5O4. The number of carbonyl (C=O) groups is 1. The lowest BCUT2D eigenvalue weighted by atomic mass is 10.1. The summed E-state index contributed by atoms with van der Waals surface area (Å²) in [6.07, 6.45) is 0. The van der Waals surface area contributed by atoms with Crippen LogP contribution in [0.3, 0.4) is 0 Å². The number of nitrogens with zero attached hydrogens (tertiary/aromatic N) is 3. The van der Waals surface area contributed by atoms with Gasteiger partial charge in [-0.25, -0.2) is 0 Å². The first kappa shape index (κ1) is 14.4. The van der Waals surface area contributed by atoms with E-state index >= 15 is 0 Å². The van der Waals surface area contributed by atoms with Crippen LogP contribution < -0.4 is 10.6 Å². The molecule has 9 nitrogen and oxygen atoms in total. The summed E-state index contributed by atoms with van der Waals surface area (Å²) >= 11 is 0. The number of para-hydroxylation sites is 1. The number of nitro groups is 1. The third-order valence-corrected chi connectivity index (χ3v) is 2.70. The number of nitro benzene ring substituents is 1. The van der Waals surface area contributed by atoms with Gasteiger partial charge in [0.25, 0.3) is 11.6 Å². The van der Waals surface area contributed by atoms with Gasteiger partial charge in [-0.1, -0.05) is 11.2 Å². The number of aromatic nitrogens is 2. The van der Waals surface area contributed by atoms with Crippen LogP contribution in [0.2, 0.25) is 0 Å². The van der Waals surface area contributed by atoms with Crippen molar-refractivity contribution in [2.45, 2.75) is 13.5 Å². The first-order valence-corrected chi connectivity index (χ1v) is 6.05. The third kappa shape index (κ3) is 3.14. The van der Waals surface area contributed by atoms with Crippen molar-refractivity contribution in [1.82, 2.24) is 15.5 Å². The molecule has 2 rings (SSSR count). The molecule has 0 spiro atoms. The van der Waals surface area contributed by atoms with Crippen LogP contribution in [-0.4, -0.2) is 28.0 Å². The maximum absolute atomic E-state index is 12.1. The van der Waals surface area contributed by atoms with Crippen LogP contribution in [0.25, 0.3) is 0 Å². The maximum atomic E-state index is 12.1. The monoisotopic (exact) mass is 291 g/mol. The molecule has 110 valence electrons. The molecule has 0 radical (unpaired) electrons. The normalized spacial score (nSPS) is 10.2. The van der Waals surface area contributed by atoms with Crippen molar-refractivity contribution < 1.29 is 14.2 Å². The minimum atomic E-state index is -0.552. The molecule has 1 heterocycles. The number of aryl methyl sites for hydroxylation is 1. The molecule has 0 aliphatic heterocycles. The Morgan fingerprint density at radius 3 is 2.81 bits per heavy atom. The highest BCUT2D eigenvalue weighted by Crippen LogP contribution is 2.27. The number of amides is 1. The van der Waals surface area contributed by atoms with Gasteiger partial charge in [0.2, 0.25) is 5.89 Å². The van der Waals surface area contributed by atoms with E-state index in [-0.39, 0.29) is 29.4 Å². The average molecular weight is 291 g/mol. The van der Waals surface area contributed by atoms with Crippen molar-refractivity contribution in [2.75, 3.05) is 12.4 Å². The lowest BCUT2D eigenvalue weighted by Gasteiger charge is -2.09. The molecule has 1 aromatic heterocycles. The summed E-state index contributed by atoms with van der Waals surface area (Å²) in [7, 11) is 1.51. The largest absolute Gasteiger partial charge is 0.382 e. The second kappa shape index (κ2) is 5.99. The van der Waals surface area contributed by atoms with Crippen LogP contribution in [0.15, 0.2) is 22.7 Å². The Hall–Kier alpha value is -2.97. The van der Waals surface area contributed by atoms with Crippen molar-refractivity contribution in [3.05, 3.63) is 45.6 Å². The molecule has 0 unspecified atom stereocenters. The molecule has 1 aromatic carbocycles. The zero-order valence-electron chi connectivity index (χ0n) is 11.4. The fraction of sp³-hybridized carbons (Fsp3) is 0.250. The van der Waals surface area contributed by atoms with E-state index in [1.165, 1.54) is 25.2 Å². The van der Waals surface area contributed by atoms with Gasteiger partial charge in [-0.3, -0.25) is 14.9 Å². The van der Waals surface area contributed by atoms with Gasteiger partial charge in [0.15, 0.2) is 5.82 Å². The highest BCUT2D eigenvalue weighted by Gasteiger charge is 2.20. The molecule has 0 saturated carbocycles. The van der Waals surface area contributed by atoms with Crippen LogP contribution in [-0.2, 0) is 6.54 Å². The number of benzene rings is 1. The summed E-state index contributed by atoms with van der Waals surface area (Å²) in [5, 5.41) is 19.8. The second-order valence-electron chi connectivity index (χ2n) is 4.12. The smallest absolute Gasteiger partial charge is 0.293 e. The Balaban J connectivity index is 2.19. The lowest BCUT2D eigenvalue weighted by Crippen LogP contribution is -2.24. The number of anilines is 1. The van der Waals surface area contributed by atoms with Gasteiger partial charge in [0.05, 0.1) is 17.0 Å². The Morgan fingerprint density at radius 1 is 1.48 bits per heavy atom. The minimum absolute atomic E-state index is 0.0471. The molecule has 9 heteroatoms. The fourth-order valence-electron chi connectivity index (χ4n) is 1.81. The lowest BCUT2D eigenvalue weighted by molar-refractivity contribution is -0.384. The second-order valence-corrected chi connectivity index (χ2v) is 4.12. The molecule has 0 saturated heterocycles. The average Bonchev–Trinajstić information content (AvgIpc) is 2.89. The van der Waals surface area contributed by atoms with Crippen LogP contribution in [0.5, 0.6) is 0 Å². The van der Waals surface area contributed by atoms with E-state index in [4.69, 9.17) is 4.52 Å². The van der Waals surface area contributed by atoms with Crippen molar-refractivity contribution >= 4 is 17.3 Å². The van der Waals surface area contributed by atoms with Crippen LogP contribution >= 0.6 is 0 Å². The summed E-state index contributed by atoms with van der Waals surface area (Å²) in [4.78, 5) is 26.5. The molecule has 0 bridgehead atoms. The topological polar surface area (TPSA) is 123 Å². The van der Waals surface area contributed by atoms with Gasteiger partial charge in [0, 0.05) is 13.1 Å². The van der Waals surface area contributed by atoms with Gasteiger partial charge in [-0.15, -0.1) is 0 Å². The van der Waals surface area contributed by atoms with Gasteiger partial charge in [0.1, 0.15) is 5.69 Å². The summed E-state index contributed by atoms with van der Waals surface area (Å²) in [5.74, 6) is 0.252. The van der Waals surface area contributed by atoms with Gasteiger partial charge in [-0.05, 0) is 13.0 Å². The first-order chi connectivity index (χ1) is 10.0. The first-order valence-electron chi connectivity index (χ1n) is 6.05. The van der Waals surface area contributed by atoms with E-state index in [2.05, 4.69) is 20.8 Å². The summed E-state index contributed by atoms with van der Waals surface area (Å²) in [5.41, 5.74) is 0.156. The Bertz CT molecular complexity index is 682. The van der Waals surface area contributed by atoms with Crippen molar-refractivity contribution in [3.63, 3.8) is 0 Å². The third-order valence-electron chi connectivity index (χ3n) is 2.70. The molecule has 2 aromatic rings. The van der Waals surface area contributed by atoms with Crippen LogP contribution in [0.4, 0.5) is 11.4 Å². The van der Waals surface area contributed by atoms with Crippen LogP contribution in [0.1, 0.15) is 22.1 Å². The summed E-state index contributed by atoms with van der Waals surface area (Å²) in [6, 6.07) is 4.27. The number of nitrogens with one attached hydrogen (secondary N) is 2. The SMILES string of the molecule is CNc1c(C(=O)NCc2nc(C)no2)cccc1[N+](=O)[O-]. The quantitative estimate of drug-likeness (QED) is 0.627. The molecule has 1 amide bonds. The Labute approximate surface area is 119 Å². The number of hydrogen-bond donors (Lipinski definition) is 2. The Morgan fingerprint density at radius 2 is 2.24 bits per heavy atom. The molecule has 0 aliphatic carbocycles. The minimum Gasteiger partial charge on any atom is -0.382 e. The molecule has 0 fully saturated rings. The van der Waals surface area contributed by atoms with Crippen LogP contribution in [0, 0.1) is 17.0 Å². The van der Waals surface area contributed by atoms with E-state index in [9.17, 15) is 14.9 Å². The maximum Gasteiger partial charge on any atom is 0.293 e. The van der Waals surface area contributed by atoms with Crippen molar-refractivity contribution in [1.29, 1.82) is 0 Å². The number of hydrogen-bond acceptors (Lipinski definition) is 7. The highest BCUT2D eigenvalue weighted by molar-refractivity contribution is 6.01. The van der Waals surface area contributed by atoms with Crippen molar-refractivity contribution in [3.8, 4) is 0 Å². The molecule has 21 heavy (non-hydrogen) atoms. The predicted octanol–water partition coefficient (Wildman–Crippen LogP) is 1.26. The van der Waals surface area contributed by atoms with Gasteiger partial charge >= 0.3 is 0 Å². The van der Waals surface area contributed by atoms with E-state index in [1.54, 1.807) is 6.92 Å². The van der Waals surface area contributed by atoms with E-state index < -0.39 is 10.8 Å². The molecular weight excluding hydrogens is 278 g/mol. The molecule has 0 aliphatic rings. The highest BCUT2D eigenvalue weighted by atomic mass is 16.6. The zero-order chi connectivity index (χ0) is 15.4. The zero-order valence-corrected chi connectivity index (χ0v) is 11.4. The van der Waals surface area contributed by atoms with E-state index in [0.29, 0.717) is 5.82 Å². The fourth-order valence-corrected chi connectivity index (χ4v) is 1.81. The molecule has 2 N–H and O–H groups in total. The summed E-state index contributed by atoms with van der Waals surface area (Å²) in [6.45, 7) is 1.71. The standard InChI is InChI=1S/C12H13N5O4/c1-7-15-10(21-16-7)6-14-12(18)8-4-3-5-9(17(19)20)11(8)13-2/h3-5,13H,6H2,1-2H3,(H,14,18). The number of carbonyl (C=O) groups excluding carboxylic acids is 1. The molecule has 0 atom stereocenters. The van der Waals surface area contributed by atoms with Gasteiger partial charge in [-0.2, -0.15) is 4.98 Å². The van der Waals surface area contributed by atoms with E-state index in [1.807, 2.05) is 0 Å². The Kier molecular flexibility index (Phi) is 4.12. The number of rotatable bonds is 5. The van der Waals surface area contributed by atoms with Gasteiger partial charge < -0.3 is 15.2 Å². The van der Waals surface area contributed by atoms with E-state index in [0.717, 1.165) is 0 Å². The predicted molar refractivity (Wildman–Crippen MR) is 72.8 cm³/mol. The van der Waals surface area contributed by atoms with Crippen molar-refractivity contribution in [2.24, 2.45) is 0 Å². The summed E-state index contributed by atoms with van der Waals surface area (Å²) < 4.78 is 4.87.